The van der Waals surface area contributed by atoms with Gasteiger partial charge in [-0.05, 0) is 42.0 Å². The van der Waals surface area contributed by atoms with Gasteiger partial charge in [0.25, 0.3) is 0 Å². The van der Waals surface area contributed by atoms with E-state index in [0.29, 0.717) is 5.02 Å². The van der Waals surface area contributed by atoms with E-state index in [9.17, 15) is 0 Å². The molecule has 2 rings (SSSR count). The maximum Gasteiger partial charge on any atom is 0.123 e. The summed E-state index contributed by atoms with van der Waals surface area (Å²) in [5.41, 5.74) is 1.93. The number of rotatable bonds is 4. The summed E-state index contributed by atoms with van der Waals surface area (Å²) in [4.78, 5) is -0.0856. The molecule has 0 saturated carbocycles. The Bertz CT molecular complexity index is 617. The van der Waals surface area contributed by atoms with Crippen LogP contribution in [-0.4, -0.2) is 14.2 Å². The largest absolute Gasteiger partial charge is 0.497 e. The van der Waals surface area contributed by atoms with E-state index < -0.39 is 0 Å². The van der Waals surface area contributed by atoms with Crippen LogP contribution in [0.2, 0.25) is 5.02 Å². The van der Waals surface area contributed by atoms with Crippen molar-refractivity contribution in [3.05, 3.63) is 57.0 Å². The first kappa shape index (κ1) is 15.7. The molecule has 0 aromatic heterocycles. The third-order valence-corrected chi connectivity index (χ3v) is 4.76. The lowest BCUT2D eigenvalue weighted by Gasteiger charge is -2.17. The van der Waals surface area contributed by atoms with Crippen LogP contribution in [0, 0.1) is 0 Å². The second kappa shape index (κ2) is 6.83. The molecule has 0 spiro atoms. The fraction of sp³-hybridized carbons (Fsp3) is 0.200. The van der Waals surface area contributed by atoms with Gasteiger partial charge in [-0.1, -0.05) is 43.5 Å². The smallest absolute Gasteiger partial charge is 0.123 e. The van der Waals surface area contributed by atoms with Crippen molar-refractivity contribution in [2.45, 2.75) is 4.83 Å². The summed E-state index contributed by atoms with van der Waals surface area (Å²) >= 11 is 13.4. The van der Waals surface area contributed by atoms with E-state index in [1.165, 1.54) is 0 Å². The minimum Gasteiger partial charge on any atom is -0.497 e. The molecule has 0 aliphatic rings. The van der Waals surface area contributed by atoms with Crippen molar-refractivity contribution in [3.8, 4) is 11.5 Å². The molecule has 5 heteroatoms. The zero-order chi connectivity index (χ0) is 14.7. The van der Waals surface area contributed by atoms with Crippen LogP contribution >= 0.6 is 43.5 Å². The number of hydrogen-bond acceptors (Lipinski definition) is 2. The van der Waals surface area contributed by atoms with Gasteiger partial charge in [0.15, 0.2) is 0 Å². The average molecular weight is 421 g/mol. The Morgan fingerprint density at radius 3 is 2.40 bits per heavy atom. The van der Waals surface area contributed by atoms with Gasteiger partial charge >= 0.3 is 0 Å². The van der Waals surface area contributed by atoms with Gasteiger partial charge in [-0.2, -0.15) is 0 Å². The Balaban J connectivity index is 2.51. The van der Waals surface area contributed by atoms with Crippen molar-refractivity contribution in [2.24, 2.45) is 0 Å². The number of ether oxygens (including phenoxy) is 2. The third-order valence-electron chi connectivity index (χ3n) is 2.94. The Hall–Kier alpha value is -0.710. The van der Waals surface area contributed by atoms with Crippen LogP contribution in [0.1, 0.15) is 16.0 Å². The van der Waals surface area contributed by atoms with Gasteiger partial charge in [0.05, 0.1) is 19.0 Å². The standard InChI is InChI=1S/C15H13Br2ClO2/c1-19-10-4-6-14(20-2)12(8-10)15(17)11-7-9(16)3-5-13(11)18/h3-8,15H,1-2H3. The van der Waals surface area contributed by atoms with Crippen molar-refractivity contribution in [1.29, 1.82) is 0 Å². The second-order valence-electron chi connectivity index (χ2n) is 4.14. The molecule has 0 radical (unpaired) electrons. The molecule has 0 N–H and O–H groups in total. The molecule has 0 saturated heterocycles. The van der Waals surface area contributed by atoms with Crippen molar-refractivity contribution in [2.75, 3.05) is 14.2 Å². The molecule has 0 bridgehead atoms. The lowest BCUT2D eigenvalue weighted by molar-refractivity contribution is 0.399. The lowest BCUT2D eigenvalue weighted by atomic mass is 10.0. The molecular formula is C15H13Br2ClO2. The van der Waals surface area contributed by atoms with Gasteiger partial charge in [-0.25, -0.2) is 0 Å². The minimum absolute atomic E-state index is 0.0856. The minimum atomic E-state index is -0.0856. The van der Waals surface area contributed by atoms with E-state index in [1.807, 2.05) is 36.4 Å². The van der Waals surface area contributed by atoms with Crippen LogP contribution in [-0.2, 0) is 0 Å². The van der Waals surface area contributed by atoms with Crippen LogP contribution in [0.5, 0.6) is 11.5 Å². The topological polar surface area (TPSA) is 18.5 Å². The highest BCUT2D eigenvalue weighted by molar-refractivity contribution is 9.10. The highest BCUT2D eigenvalue weighted by Crippen LogP contribution is 2.41. The van der Waals surface area contributed by atoms with Crippen molar-refractivity contribution in [1.82, 2.24) is 0 Å². The zero-order valence-electron chi connectivity index (χ0n) is 11.0. The Morgan fingerprint density at radius 2 is 1.75 bits per heavy atom. The summed E-state index contributed by atoms with van der Waals surface area (Å²) in [6.45, 7) is 0. The molecule has 0 fully saturated rings. The van der Waals surface area contributed by atoms with E-state index in [1.54, 1.807) is 14.2 Å². The quantitative estimate of drug-likeness (QED) is 0.599. The first-order valence-electron chi connectivity index (χ1n) is 5.87. The summed E-state index contributed by atoms with van der Waals surface area (Å²) < 4.78 is 11.7. The first-order valence-corrected chi connectivity index (χ1v) is 7.96. The van der Waals surface area contributed by atoms with Crippen molar-refractivity contribution in [3.63, 3.8) is 0 Å². The predicted molar refractivity (Wildman–Crippen MR) is 89.5 cm³/mol. The molecule has 2 aromatic rings. The molecular weight excluding hydrogens is 407 g/mol. The van der Waals surface area contributed by atoms with Gasteiger partial charge < -0.3 is 9.47 Å². The van der Waals surface area contributed by atoms with Crippen LogP contribution < -0.4 is 9.47 Å². The van der Waals surface area contributed by atoms with Gasteiger partial charge in [-0.15, -0.1) is 0 Å². The average Bonchev–Trinajstić information content (AvgIpc) is 2.48. The fourth-order valence-corrected chi connectivity index (χ4v) is 3.39. The molecule has 2 aromatic carbocycles. The normalized spacial score (nSPS) is 12.1. The third kappa shape index (κ3) is 3.30. The molecule has 106 valence electrons. The van der Waals surface area contributed by atoms with Crippen LogP contribution in [0.25, 0.3) is 0 Å². The molecule has 20 heavy (non-hydrogen) atoms. The monoisotopic (exact) mass is 418 g/mol. The molecule has 0 heterocycles. The molecule has 0 aliphatic heterocycles. The van der Waals surface area contributed by atoms with Crippen LogP contribution in [0.3, 0.4) is 0 Å². The summed E-state index contributed by atoms with van der Waals surface area (Å²) in [5.74, 6) is 1.56. The molecule has 2 nitrogen and oxygen atoms in total. The summed E-state index contributed by atoms with van der Waals surface area (Å²) in [7, 11) is 3.29. The summed E-state index contributed by atoms with van der Waals surface area (Å²) in [5, 5.41) is 0.694. The molecule has 0 amide bonds. The van der Waals surface area contributed by atoms with E-state index in [-0.39, 0.29) is 4.83 Å². The van der Waals surface area contributed by atoms with Crippen molar-refractivity contribution >= 4 is 43.5 Å². The predicted octanol–water partition coefficient (Wildman–Crippen LogP) is 5.60. The Morgan fingerprint density at radius 1 is 1.00 bits per heavy atom. The summed E-state index contributed by atoms with van der Waals surface area (Å²) in [6, 6.07) is 11.4. The van der Waals surface area contributed by atoms with E-state index in [4.69, 9.17) is 21.1 Å². The maximum absolute atomic E-state index is 6.29. The maximum atomic E-state index is 6.29. The number of halogens is 3. The van der Waals surface area contributed by atoms with Gasteiger partial charge in [0.1, 0.15) is 11.5 Å². The lowest BCUT2D eigenvalue weighted by Crippen LogP contribution is -1.99. The number of methoxy groups -OCH3 is 2. The van der Waals surface area contributed by atoms with Gasteiger partial charge in [0, 0.05) is 15.1 Å². The van der Waals surface area contributed by atoms with Crippen molar-refractivity contribution < 1.29 is 9.47 Å². The first-order chi connectivity index (χ1) is 9.56. The highest BCUT2D eigenvalue weighted by Gasteiger charge is 2.19. The Kier molecular flexibility index (Phi) is 5.35. The number of hydrogen-bond donors (Lipinski definition) is 0. The van der Waals surface area contributed by atoms with Gasteiger partial charge in [0.2, 0.25) is 0 Å². The molecule has 1 unspecified atom stereocenters. The SMILES string of the molecule is COc1ccc(OC)c(C(Br)c2cc(Br)ccc2Cl)c1. The second-order valence-corrected chi connectivity index (χ2v) is 6.37. The van der Waals surface area contributed by atoms with E-state index in [2.05, 4.69) is 31.9 Å². The fourth-order valence-electron chi connectivity index (χ4n) is 1.91. The number of alkyl halides is 1. The number of benzene rings is 2. The molecule has 1 atom stereocenters. The highest BCUT2D eigenvalue weighted by atomic mass is 79.9. The van der Waals surface area contributed by atoms with E-state index >= 15 is 0 Å². The van der Waals surface area contributed by atoms with Gasteiger partial charge in [-0.3, -0.25) is 0 Å². The van der Waals surface area contributed by atoms with Crippen LogP contribution in [0.4, 0.5) is 0 Å². The van der Waals surface area contributed by atoms with E-state index in [0.717, 1.165) is 27.1 Å². The molecule has 0 aliphatic carbocycles. The summed E-state index contributed by atoms with van der Waals surface area (Å²) in [6.07, 6.45) is 0. The zero-order valence-corrected chi connectivity index (χ0v) is 14.9. The van der Waals surface area contributed by atoms with Crippen LogP contribution in [0.15, 0.2) is 40.9 Å². The Labute approximate surface area is 140 Å².